The van der Waals surface area contributed by atoms with Gasteiger partial charge in [0.05, 0.1) is 23.6 Å². The first-order valence-corrected chi connectivity index (χ1v) is 11.0. The van der Waals surface area contributed by atoms with Gasteiger partial charge in [0.15, 0.2) is 5.76 Å². The summed E-state index contributed by atoms with van der Waals surface area (Å²) in [5.41, 5.74) is 5.61. The lowest BCUT2D eigenvalue weighted by Crippen LogP contribution is -2.22. The average molecular weight is 460 g/mol. The smallest absolute Gasteiger partial charge is 0.340 e. The Morgan fingerprint density at radius 1 is 1.09 bits per heavy atom. The average Bonchev–Trinajstić information content (AvgIpc) is 3.20. The van der Waals surface area contributed by atoms with Gasteiger partial charge in [-0.2, -0.15) is 5.10 Å². The number of benzene rings is 1. The van der Waals surface area contributed by atoms with Crippen LogP contribution in [0.5, 0.6) is 0 Å². The first-order valence-electron chi connectivity index (χ1n) is 11.0. The molecule has 0 unspecified atom stereocenters. The molecule has 34 heavy (non-hydrogen) atoms. The van der Waals surface area contributed by atoms with Gasteiger partial charge in [-0.05, 0) is 51.0 Å². The molecule has 3 aromatic rings. The maximum absolute atomic E-state index is 13.1. The van der Waals surface area contributed by atoms with Crippen molar-refractivity contribution < 1.29 is 23.5 Å². The number of esters is 1. The number of amides is 2. The molecule has 0 atom stereocenters. The van der Waals surface area contributed by atoms with Crippen molar-refractivity contribution in [1.29, 1.82) is 0 Å². The number of para-hydroxylation sites is 1. The molecule has 4 rings (SSSR count). The lowest BCUT2D eigenvalue weighted by Gasteiger charge is -2.13. The maximum atomic E-state index is 13.1. The second-order valence-corrected chi connectivity index (χ2v) is 7.66. The number of carbonyl (C=O) groups excluding carboxylic acids is 3. The number of pyridine rings is 1. The minimum atomic E-state index is -0.520. The molecule has 0 fully saturated rings. The van der Waals surface area contributed by atoms with Crippen molar-refractivity contribution in [2.24, 2.45) is 5.10 Å². The zero-order valence-corrected chi connectivity index (χ0v) is 18.9. The number of aromatic nitrogens is 1. The third kappa shape index (κ3) is 4.73. The third-order valence-corrected chi connectivity index (χ3v) is 5.44. The van der Waals surface area contributed by atoms with Gasteiger partial charge in [0.25, 0.3) is 11.8 Å². The lowest BCUT2D eigenvalue weighted by atomic mass is 9.93. The van der Waals surface area contributed by atoms with Crippen LogP contribution in [0.25, 0.3) is 0 Å². The molecule has 1 aliphatic rings. The van der Waals surface area contributed by atoms with Gasteiger partial charge in [-0.15, -0.1) is 0 Å². The number of carbonyl (C=O) groups is 3. The van der Waals surface area contributed by atoms with E-state index in [2.05, 4.69) is 20.8 Å². The predicted octanol–water partition coefficient (Wildman–Crippen LogP) is 3.88. The number of fused-ring (bicyclic) bond motifs is 1. The summed E-state index contributed by atoms with van der Waals surface area (Å²) in [6.07, 6.45) is 5.13. The van der Waals surface area contributed by atoms with E-state index in [0.29, 0.717) is 41.1 Å². The highest BCUT2D eigenvalue weighted by Crippen LogP contribution is 2.30. The Kier molecular flexibility index (Phi) is 6.82. The number of furan rings is 1. The summed E-state index contributed by atoms with van der Waals surface area (Å²) in [6, 6.07) is 9.83. The largest absolute Gasteiger partial charge is 0.462 e. The van der Waals surface area contributed by atoms with Crippen molar-refractivity contribution in [3.05, 3.63) is 82.6 Å². The van der Waals surface area contributed by atoms with E-state index >= 15 is 0 Å². The molecule has 0 saturated heterocycles. The lowest BCUT2D eigenvalue weighted by molar-refractivity contribution is 0.0527. The Balaban J connectivity index is 1.57. The minimum Gasteiger partial charge on any atom is -0.462 e. The first-order chi connectivity index (χ1) is 16.5. The van der Waals surface area contributed by atoms with Crippen LogP contribution in [-0.4, -0.2) is 35.1 Å². The molecule has 2 amide bonds. The van der Waals surface area contributed by atoms with Gasteiger partial charge in [0.2, 0.25) is 0 Å². The fraction of sp³-hybridized carbons (Fsp3) is 0.240. The van der Waals surface area contributed by atoms with Crippen LogP contribution in [0.2, 0.25) is 0 Å². The summed E-state index contributed by atoms with van der Waals surface area (Å²) in [7, 11) is 0. The third-order valence-electron chi connectivity index (χ3n) is 5.44. The molecule has 9 nitrogen and oxygen atoms in total. The highest BCUT2D eigenvalue weighted by atomic mass is 16.5. The Bertz CT molecular complexity index is 1260. The summed E-state index contributed by atoms with van der Waals surface area (Å²) in [4.78, 5) is 41.6. The fourth-order valence-corrected chi connectivity index (χ4v) is 3.84. The van der Waals surface area contributed by atoms with Crippen molar-refractivity contribution >= 4 is 29.2 Å². The molecule has 0 aliphatic heterocycles. The summed E-state index contributed by atoms with van der Waals surface area (Å²) in [6.45, 7) is 3.72. The molecule has 0 saturated carbocycles. The highest BCUT2D eigenvalue weighted by Gasteiger charge is 2.28. The number of hydrogen-bond donors (Lipinski definition) is 2. The van der Waals surface area contributed by atoms with E-state index in [1.165, 1.54) is 12.4 Å². The van der Waals surface area contributed by atoms with Gasteiger partial charge in [-0.1, -0.05) is 12.1 Å². The van der Waals surface area contributed by atoms with Gasteiger partial charge in [0, 0.05) is 35.5 Å². The molecular formula is C25H24N4O5. The van der Waals surface area contributed by atoms with Crippen LogP contribution in [0.15, 0.2) is 58.3 Å². The van der Waals surface area contributed by atoms with Gasteiger partial charge in [-0.3, -0.25) is 14.6 Å². The molecular weight excluding hydrogens is 436 g/mol. The fourth-order valence-electron chi connectivity index (χ4n) is 3.84. The summed E-state index contributed by atoms with van der Waals surface area (Å²) >= 11 is 0. The van der Waals surface area contributed by atoms with Crippen LogP contribution in [0.3, 0.4) is 0 Å². The van der Waals surface area contributed by atoms with Gasteiger partial charge < -0.3 is 14.5 Å². The second kappa shape index (κ2) is 10.1. The van der Waals surface area contributed by atoms with E-state index in [0.717, 1.165) is 12.0 Å². The minimum absolute atomic E-state index is 0.138. The molecule has 174 valence electrons. The molecule has 2 N–H and O–H groups in total. The zero-order chi connectivity index (χ0) is 24.1. The van der Waals surface area contributed by atoms with Crippen molar-refractivity contribution in [3.8, 4) is 0 Å². The Labute approximate surface area is 196 Å². The normalized spacial score (nSPS) is 13.8. The van der Waals surface area contributed by atoms with Crippen molar-refractivity contribution in [2.45, 2.75) is 33.1 Å². The van der Waals surface area contributed by atoms with E-state index in [9.17, 15) is 14.4 Å². The second-order valence-electron chi connectivity index (χ2n) is 7.66. The van der Waals surface area contributed by atoms with Crippen LogP contribution in [0.4, 0.5) is 5.69 Å². The Morgan fingerprint density at radius 3 is 2.62 bits per heavy atom. The number of aryl methyl sites for hydroxylation is 1. The number of hydrogen-bond acceptors (Lipinski definition) is 7. The quantitative estimate of drug-likeness (QED) is 0.425. The van der Waals surface area contributed by atoms with Gasteiger partial charge >= 0.3 is 5.97 Å². The molecule has 2 aromatic heterocycles. The Hall–Kier alpha value is -4.27. The van der Waals surface area contributed by atoms with E-state index in [4.69, 9.17) is 9.15 Å². The summed E-state index contributed by atoms with van der Waals surface area (Å²) in [5.74, 6) is -0.572. The number of rotatable bonds is 6. The van der Waals surface area contributed by atoms with Crippen LogP contribution >= 0.6 is 0 Å². The van der Waals surface area contributed by atoms with E-state index < -0.39 is 11.9 Å². The van der Waals surface area contributed by atoms with Gasteiger partial charge in [-0.25, -0.2) is 10.2 Å². The molecule has 2 heterocycles. The molecule has 0 spiro atoms. The number of nitrogens with one attached hydrogen (secondary N) is 2. The van der Waals surface area contributed by atoms with Crippen LogP contribution in [0.1, 0.15) is 67.9 Å². The zero-order valence-electron chi connectivity index (χ0n) is 18.9. The van der Waals surface area contributed by atoms with E-state index in [1.807, 2.05) is 0 Å². The topological polar surface area (TPSA) is 123 Å². The standard InChI is InChI=1S/C25H24N4O5/c1-3-33-25(32)17-7-4-5-8-18(17)27-24(31)22-15(2)21-19(9-6-10-20(21)34-22)28-29-23(30)16-11-13-26-14-12-16/h4-5,7-8,11-14H,3,6,9-10H2,1-2H3,(H,27,31)(H,29,30)/b28-19+. The number of anilines is 1. The summed E-state index contributed by atoms with van der Waals surface area (Å²) in [5, 5.41) is 7.07. The Morgan fingerprint density at radius 2 is 1.85 bits per heavy atom. The molecule has 1 aromatic carbocycles. The van der Waals surface area contributed by atoms with Crippen LogP contribution in [-0.2, 0) is 11.2 Å². The molecule has 1 aliphatic carbocycles. The molecule has 9 heteroatoms. The monoisotopic (exact) mass is 460 g/mol. The van der Waals surface area contributed by atoms with Crippen molar-refractivity contribution in [1.82, 2.24) is 10.4 Å². The van der Waals surface area contributed by atoms with E-state index in [1.54, 1.807) is 50.2 Å². The summed E-state index contributed by atoms with van der Waals surface area (Å²) < 4.78 is 11.0. The number of hydrazone groups is 1. The van der Waals surface area contributed by atoms with Crippen LogP contribution in [0, 0.1) is 6.92 Å². The number of ether oxygens (including phenoxy) is 1. The predicted molar refractivity (Wildman–Crippen MR) is 125 cm³/mol. The highest BCUT2D eigenvalue weighted by molar-refractivity contribution is 6.11. The maximum Gasteiger partial charge on any atom is 0.340 e. The molecule has 0 bridgehead atoms. The van der Waals surface area contributed by atoms with Gasteiger partial charge in [0.1, 0.15) is 5.76 Å². The van der Waals surface area contributed by atoms with Crippen molar-refractivity contribution in [3.63, 3.8) is 0 Å². The van der Waals surface area contributed by atoms with E-state index in [-0.39, 0.29) is 23.8 Å². The number of nitrogens with zero attached hydrogens (tertiary/aromatic N) is 2. The molecule has 0 radical (unpaired) electrons. The van der Waals surface area contributed by atoms with Crippen LogP contribution < -0.4 is 10.7 Å². The first kappa shape index (κ1) is 22.9. The van der Waals surface area contributed by atoms with Crippen molar-refractivity contribution in [2.75, 3.05) is 11.9 Å². The SMILES string of the molecule is CCOC(=O)c1ccccc1NC(=O)c1oc2c(c1C)/C(=N/NC(=O)c1ccncc1)CCC2.